The number of halogens is 2. The molecular weight excluding hydrogens is 372 g/mol. The molecule has 4 nitrogen and oxygen atoms in total. The van der Waals surface area contributed by atoms with E-state index in [4.69, 9.17) is 0 Å². The predicted molar refractivity (Wildman–Crippen MR) is 98.8 cm³/mol. The molecule has 2 aromatic carbocycles. The number of hydrogen-bond donors (Lipinski definition) is 0. The van der Waals surface area contributed by atoms with Crippen LogP contribution in [0.1, 0.15) is 35.2 Å². The molecule has 0 N–H and O–H groups in total. The standard InChI is InChI=1S/C20H19F2NO3S/c21-18-5-4-6-19(22)17(18)11-12-20(24)15-7-9-16(10-8-15)27(25,26)23-13-2-1-3-14-23/h4-12H,1-3,13-14H2/b12-11+. The number of sulfonamides is 1. The fourth-order valence-corrected chi connectivity index (χ4v) is 4.49. The first-order chi connectivity index (χ1) is 12.9. The number of ketones is 1. The summed E-state index contributed by atoms with van der Waals surface area (Å²) in [7, 11) is -3.57. The molecule has 0 aliphatic carbocycles. The highest BCUT2D eigenvalue weighted by molar-refractivity contribution is 7.89. The van der Waals surface area contributed by atoms with Crippen molar-refractivity contribution in [3.63, 3.8) is 0 Å². The summed E-state index contributed by atoms with van der Waals surface area (Å²) >= 11 is 0. The molecule has 0 radical (unpaired) electrons. The van der Waals surface area contributed by atoms with Crippen LogP contribution in [-0.4, -0.2) is 31.6 Å². The Morgan fingerprint density at radius 1 is 0.926 bits per heavy atom. The van der Waals surface area contributed by atoms with E-state index < -0.39 is 27.4 Å². The van der Waals surface area contributed by atoms with Crippen LogP contribution in [0.25, 0.3) is 6.08 Å². The van der Waals surface area contributed by atoms with Crippen molar-refractivity contribution in [2.24, 2.45) is 0 Å². The molecule has 27 heavy (non-hydrogen) atoms. The Hall–Kier alpha value is -2.38. The first kappa shape index (κ1) is 19.4. The average Bonchev–Trinajstić information content (AvgIpc) is 2.68. The molecule has 0 atom stereocenters. The minimum Gasteiger partial charge on any atom is -0.289 e. The zero-order valence-corrected chi connectivity index (χ0v) is 15.4. The van der Waals surface area contributed by atoms with Crippen LogP contribution >= 0.6 is 0 Å². The molecule has 0 unspecified atom stereocenters. The monoisotopic (exact) mass is 391 g/mol. The summed E-state index contributed by atoms with van der Waals surface area (Å²) in [5, 5.41) is 0. The molecule has 1 fully saturated rings. The summed E-state index contributed by atoms with van der Waals surface area (Å²) < 4.78 is 53.8. The van der Waals surface area contributed by atoms with Crippen LogP contribution < -0.4 is 0 Å². The molecule has 142 valence electrons. The van der Waals surface area contributed by atoms with Gasteiger partial charge < -0.3 is 0 Å². The van der Waals surface area contributed by atoms with Crippen LogP contribution in [0.15, 0.2) is 53.4 Å². The molecule has 3 rings (SSSR count). The van der Waals surface area contributed by atoms with Gasteiger partial charge in [-0.3, -0.25) is 4.79 Å². The summed E-state index contributed by atoms with van der Waals surface area (Å²) in [6.45, 7) is 1.000. The maximum atomic E-state index is 13.6. The summed E-state index contributed by atoms with van der Waals surface area (Å²) in [4.78, 5) is 12.3. The van der Waals surface area contributed by atoms with E-state index in [9.17, 15) is 22.0 Å². The van der Waals surface area contributed by atoms with Gasteiger partial charge in [0.05, 0.1) is 4.90 Å². The Balaban J connectivity index is 1.77. The highest BCUT2D eigenvalue weighted by Gasteiger charge is 2.25. The van der Waals surface area contributed by atoms with Gasteiger partial charge in [0.1, 0.15) is 11.6 Å². The normalized spacial score (nSPS) is 15.9. The number of carbonyl (C=O) groups excluding carboxylic acids is 1. The van der Waals surface area contributed by atoms with Crippen LogP contribution in [0, 0.1) is 11.6 Å². The molecule has 0 bridgehead atoms. The first-order valence-electron chi connectivity index (χ1n) is 8.66. The van der Waals surface area contributed by atoms with Gasteiger partial charge in [-0.05, 0) is 61.4 Å². The van der Waals surface area contributed by atoms with E-state index in [2.05, 4.69) is 0 Å². The Kier molecular flexibility index (Phi) is 5.82. The molecule has 0 aromatic heterocycles. The summed E-state index contributed by atoms with van der Waals surface area (Å²) in [5.74, 6) is -2.00. The van der Waals surface area contributed by atoms with Gasteiger partial charge in [-0.1, -0.05) is 12.5 Å². The van der Waals surface area contributed by atoms with Crippen molar-refractivity contribution >= 4 is 21.9 Å². The third-order valence-corrected chi connectivity index (χ3v) is 6.41. The van der Waals surface area contributed by atoms with Gasteiger partial charge >= 0.3 is 0 Å². The average molecular weight is 391 g/mol. The maximum absolute atomic E-state index is 13.6. The lowest BCUT2D eigenvalue weighted by atomic mass is 10.1. The lowest BCUT2D eigenvalue weighted by Gasteiger charge is -2.25. The van der Waals surface area contributed by atoms with Crippen molar-refractivity contribution in [2.75, 3.05) is 13.1 Å². The number of allylic oxidation sites excluding steroid dienone is 1. The van der Waals surface area contributed by atoms with Gasteiger partial charge in [-0.15, -0.1) is 0 Å². The van der Waals surface area contributed by atoms with E-state index >= 15 is 0 Å². The highest BCUT2D eigenvalue weighted by Crippen LogP contribution is 2.21. The molecule has 2 aromatic rings. The van der Waals surface area contributed by atoms with Crippen LogP contribution in [0.5, 0.6) is 0 Å². The van der Waals surface area contributed by atoms with Gasteiger partial charge in [-0.2, -0.15) is 4.31 Å². The fourth-order valence-electron chi connectivity index (χ4n) is 2.97. The van der Waals surface area contributed by atoms with E-state index in [1.54, 1.807) is 0 Å². The molecular formula is C20H19F2NO3S. The second-order valence-corrected chi connectivity index (χ2v) is 8.26. The van der Waals surface area contributed by atoms with Gasteiger partial charge in [0.25, 0.3) is 0 Å². The fraction of sp³-hybridized carbons (Fsp3) is 0.250. The molecule has 1 heterocycles. The van der Waals surface area contributed by atoms with E-state index in [-0.39, 0.29) is 16.0 Å². The number of hydrogen-bond acceptors (Lipinski definition) is 3. The van der Waals surface area contributed by atoms with E-state index in [1.165, 1.54) is 34.6 Å². The number of rotatable bonds is 5. The van der Waals surface area contributed by atoms with Crippen LogP contribution in [-0.2, 0) is 10.0 Å². The summed E-state index contributed by atoms with van der Waals surface area (Å²) in [5.41, 5.74) is -0.0595. The third-order valence-electron chi connectivity index (χ3n) is 4.49. The Labute approximate surface area is 157 Å². The van der Waals surface area contributed by atoms with Gasteiger partial charge in [0, 0.05) is 24.2 Å². The predicted octanol–water partition coefficient (Wildman–Crippen LogP) is 4.04. The second kappa shape index (κ2) is 8.10. The summed E-state index contributed by atoms with van der Waals surface area (Å²) in [6, 6.07) is 9.03. The molecule has 1 saturated heterocycles. The van der Waals surface area contributed by atoms with Crippen molar-refractivity contribution in [1.82, 2.24) is 4.31 Å². The molecule has 1 aliphatic rings. The van der Waals surface area contributed by atoms with Gasteiger partial charge in [-0.25, -0.2) is 17.2 Å². The van der Waals surface area contributed by atoms with Crippen LogP contribution in [0.2, 0.25) is 0 Å². The molecule has 7 heteroatoms. The Morgan fingerprint density at radius 2 is 1.52 bits per heavy atom. The second-order valence-electron chi connectivity index (χ2n) is 6.32. The van der Waals surface area contributed by atoms with Crippen molar-refractivity contribution in [2.45, 2.75) is 24.2 Å². The SMILES string of the molecule is O=C(/C=C/c1c(F)cccc1F)c1ccc(S(=O)(=O)N2CCCCC2)cc1. The maximum Gasteiger partial charge on any atom is 0.243 e. The quantitative estimate of drug-likeness (QED) is 0.571. The topological polar surface area (TPSA) is 54.5 Å². The zero-order chi connectivity index (χ0) is 19.4. The van der Waals surface area contributed by atoms with E-state index in [0.717, 1.165) is 43.5 Å². The lowest BCUT2D eigenvalue weighted by molar-refractivity contribution is 0.104. The Morgan fingerprint density at radius 3 is 2.11 bits per heavy atom. The largest absolute Gasteiger partial charge is 0.289 e. The minimum atomic E-state index is -3.57. The lowest BCUT2D eigenvalue weighted by Crippen LogP contribution is -2.35. The number of benzene rings is 2. The smallest absolute Gasteiger partial charge is 0.243 e. The summed E-state index contributed by atoms with van der Waals surface area (Å²) in [6.07, 6.45) is 4.84. The first-order valence-corrected chi connectivity index (χ1v) is 10.1. The highest BCUT2D eigenvalue weighted by atomic mass is 32.2. The van der Waals surface area contributed by atoms with E-state index in [0.29, 0.717) is 13.1 Å². The van der Waals surface area contributed by atoms with Crippen molar-refractivity contribution < 1.29 is 22.0 Å². The van der Waals surface area contributed by atoms with Crippen molar-refractivity contribution in [3.8, 4) is 0 Å². The molecule has 0 saturated carbocycles. The molecule has 1 aliphatic heterocycles. The molecule has 0 spiro atoms. The number of piperidine rings is 1. The van der Waals surface area contributed by atoms with Crippen molar-refractivity contribution in [3.05, 3.63) is 71.3 Å². The van der Waals surface area contributed by atoms with Crippen LogP contribution in [0.3, 0.4) is 0 Å². The minimum absolute atomic E-state index is 0.130. The van der Waals surface area contributed by atoms with Crippen molar-refractivity contribution in [1.29, 1.82) is 0 Å². The van der Waals surface area contributed by atoms with Gasteiger partial charge in [0.2, 0.25) is 10.0 Å². The number of carbonyl (C=O) groups is 1. The third kappa shape index (κ3) is 4.31. The van der Waals surface area contributed by atoms with E-state index in [1.807, 2.05) is 0 Å². The Bertz CT molecular complexity index is 943. The zero-order valence-electron chi connectivity index (χ0n) is 14.6. The van der Waals surface area contributed by atoms with Gasteiger partial charge in [0.15, 0.2) is 5.78 Å². The number of nitrogens with zero attached hydrogens (tertiary/aromatic N) is 1. The van der Waals surface area contributed by atoms with Crippen LogP contribution in [0.4, 0.5) is 8.78 Å². The molecule has 0 amide bonds.